The van der Waals surface area contributed by atoms with Crippen LogP contribution in [0.4, 0.5) is 26.3 Å². The molecule has 0 aliphatic heterocycles. The number of aliphatic hydroxyl groups is 1. The zero-order valence-electron chi connectivity index (χ0n) is 16.2. The summed E-state index contributed by atoms with van der Waals surface area (Å²) in [7, 11) is 0. The van der Waals surface area contributed by atoms with Gasteiger partial charge in [0.2, 0.25) is 0 Å². The van der Waals surface area contributed by atoms with Gasteiger partial charge in [-0.2, -0.15) is 26.3 Å². The number of aliphatic hydroxyl groups excluding tert-OH is 1. The van der Waals surface area contributed by atoms with Crippen LogP contribution in [0, 0.1) is 5.92 Å². The number of benzene rings is 2. The molecule has 0 aromatic heterocycles. The van der Waals surface area contributed by atoms with Gasteiger partial charge in [0.25, 0.3) is 0 Å². The summed E-state index contributed by atoms with van der Waals surface area (Å²) in [6, 6.07) is 13.0. The highest BCUT2D eigenvalue weighted by molar-refractivity contribution is 5.53. The van der Waals surface area contributed by atoms with Crippen LogP contribution in [-0.4, -0.2) is 11.4 Å². The zero-order chi connectivity index (χ0) is 22.6. The summed E-state index contributed by atoms with van der Waals surface area (Å²) in [5.74, 6) is 0.406. The quantitative estimate of drug-likeness (QED) is 0.423. The Morgan fingerprint density at radius 3 is 1.43 bits per heavy atom. The van der Waals surface area contributed by atoms with E-state index in [1.54, 1.807) is 0 Å². The largest absolute Gasteiger partial charge is 0.416 e. The second-order valence-corrected chi connectivity index (χ2v) is 6.76. The zero-order valence-corrected chi connectivity index (χ0v) is 16.2. The van der Waals surface area contributed by atoms with E-state index in [9.17, 15) is 31.1 Å². The summed E-state index contributed by atoms with van der Waals surface area (Å²) in [6.45, 7) is -0.882. The van der Waals surface area contributed by atoms with E-state index >= 15 is 0 Å². The number of alkyl halides is 6. The molecule has 1 saturated carbocycles. The number of aldehydes is 1. The van der Waals surface area contributed by atoms with Crippen molar-refractivity contribution >= 4 is 6.29 Å². The summed E-state index contributed by atoms with van der Waals surface area (Å²) in [6.07, 6.45) is -2.47. The van der Waals surface area contributed by atoms with Gasteiger partial charge >= 0.3 is 12.4 Å². The molecule has 0 radical (unpaired) electrons. The third-order valence-corrected chi connectivity index (χ3v) is 4.34. The first-order valence-electron chi connectivity index (χ1n) is 9.42. The molecule has 2 nitrogen and oxygen atoms in total. The Morgan fingerprint density at radius 2 is 1.17 bits per heavy atom. The number of carbonyl (C=O) groups excluding carboxylic acids is 1. The van der Waals surface area contributed by atoms with Crippen LogP contribution in [0.3, 0.4) is 0 Å². The molecular weight excluding hydrogens is 410 g/mol. The van der Waals surface area contributed by atoms with Gasteiger partial charge in [-0.05, 0) is 36.6 Å². The maximum Gasteiger partial charge on any atom is 0.416 e. The fourth-order valence-corrected chi connectivity index (χ4v) is 2.77. The maximum absolute atomic E-state index is 12.2. The second-order valence-electron chi connectivity index (χ2n) is 6.76. The molecule has 1 N–H and O–H groups in total. The number of carbonyl (C=O) groups is 1. The fourth-order valence-electron chi connectivity index (χ4n) is 2.77. The van der Waals surface area contributed by atoms with Crippen molar-refractivity contribution in [2.45, 2.75) is 51.1 Å². The first-order valence-corrected chi connectivity index (χ1v) is 9.42. The molecule has 0 bridgehead atoms. The van der Waals surface area contributed by atoms with Crippen LogP contribution in [0.2, 0.25) is 0 Å². The summed E-state index contributed by atoms with van der Waals surface area (Å²) < 4.78 is 73.3. The van der Waals surface area contributed by atoms with Crippen LogP contribution >= 0.6 is 0 Å². The van der Waals surface area contributed by atoms with Crippen molar-refractivity contribution in [2.75, 3.05) is 0 Å². The Balaban J connectivity index is 0.000000263. The van der Waals surface area contributed by atoms with Crippen molar-refractivity contribution in [2.24, 2.45) is 5.92 Å². The van der Waals surface area contributed by atoms with Gasteiger partial charge in [-0.1, -0.05) is 55.7 Å². The van der Waals surface area contributed by atoms with Crippen molar-refractivity contribution in [3.05, 3.63) is 71.3 Å². The van der Waals surface area contributed by atoms with Crippen molar-refractivity contribution in [1.29, 1.82) is 0 Å². The van der Waals surface area contributed by atoms with Crippen LogP contribution in [0.5, 0.6) is 0 Å². The molecule has 0 unspecified atom stereocenters. The van der Waals surface area contributed by atoms with Gasteiger partial charge in [0, 0.05) is 5.92 Å². The molecule has 1 fully saturated rings. The van der Waals surface area contributed by atoms with Crippen LogP contribution in [0.1, 0.15) is 48.8 Å². The van der Waals surface area contributed by atoms with Crippen molar-refractivity contribution in [3.8, 4) is 0 Å². The van der Waals surface area contributed by atoms with Gasteiger partial charge in [-0.25, -0.2) is 0 Å². The van der Waals surface area contributed by atoms with Crippen LogP contribution < -0.4 is 0 Å². The number of hydrogen-bond acceptors (Lipinski definition) is 2. The van der Waals surface area contributed by atoms with Gasteiger partial charge in [0.15, 0.2) is 0 Å². The second kappa shape index (κ2) is 12.4. The molecular formula is C22H24F6O2. The van der Waals surface area contributed by atoms with Gasteiger partial charge < -0.3 is 9.90 Å². The van der Waals surface area contributed by atoms with Crippen LogP contribution in [-0.2, 0) is 23.8 Å². The number of hydrogen-bond donors (Lipinski definition) is 1. The standard InChI is InChI=1S/C9H6F6O.C7H12O.C6H6/c10-8(11,12)6-1-5(4-16)2-7(3-6)9(13,14)15;8-6-7-4-2-1-3-5-7;1-2-4-6-5-3-1/h1-3,16H,4H2;6-7H,1-5H2;1-6H. The minimum Gasteiger partial charge on any atom is -0.392 e. The lowest BCUT2D eigenvalue weighted by atomic mass is 9.91. The molecule has 0 heterocycles. The maximum atomic E-state index is 12.2. The lowest BCUT2D eigenvalue weighted by Crippen LogP contribution is -2.11. The minimum atomic E-state index is -4.87. The van der Waals surface area contributed by atoms with E-state index < -0.39 is 35.6 Å². The highest BCUT2D eigenvalue weighted by Crippen LogP contribution is 2.36. The Labute approximate surface area is 171 Å². The fraction of sp³-hybridized carbons (Fsp3) is 0.409. The molecule has 1 aliphatic rings. The molecule has 0 saturated heterocycles. The highest BCUT2D eigenvalue weighted by Gasteiger charge is 2.36. The van der Waals surface area contributed by atoms with E-state index in [1.165, 1.54) is 19.3 Å². The average molecular weight is 434 g/mol. The Hall–Kier alpha value is -2.35. The number of rotatable bonds is 2. The summed E-state index contributed by atoms with van der Waals surface area (Å²) >= 11 is 0. The molecule has 2 aromatic carbocycles. The lowest BCUT2D eigenvalue weighted by molar-refractivity contribution is -0.143. The van der Waals surface area contributed by atoms with Gasteiger partial charge in [0.05, 0.1) is 17.7 Å². The first kappa shape index (κ1) is 25.7. The Morgan fingerprint density at radius 1 is 0.767 bits per heavy atom. The molecule has 166 valence electrons. The van der Waals surface area contributed by atoms with E-state index in [2.05, 4.69) is 0 Å². The Bertz CT molecular complexity index is 677. The third kappa shape index (κ3) is 9.91. The molecule has 3 rings (SSSR count). The highest BCUT2D eigenvalue weighted by atomic mass is 19.4. The average Bonchev–Trinajstić information content (AvgIpc) is 2.75. The predicted molar refractivity (Wildman–Crippen MR) is 101 cm³/mol. The minimum absolute atomic E-state index is 0.0131. The molecule has 0 amide bonds. The molecule has 8 heteroatoms. The number of halogens is 6. The van der Waals surface area contributed by atoms with Crippen molar-refractivity contribution in [3.63, 3.8) is 0 Å². The third-order valence-electron chi connectivity index (χ3n) is 4.34. The van der Waals surface area contributed by atoms with E-state index in [1.807, 2.05) is 36.4 Å². The summed E-state index contributed by atoms with van der Waals surface area (Å²) in [4.78, 5) is 10.2. The van der Waals surface area contributed by atoms with E-state index in [0.717, 1.165) is 19.1 Å². The SMILES string of the molecule is O=CC1CCCCC1.OCc1cc(C(F)(F)F)cc(C(F)(F)F)c1.c1ccccc1. The van der Waals surface area contributed by atoms with Gasteiger partial charge in [-0.3, -0.25) is 0 Å². The Kier molecular flexibility index (Phi) is 10.6. The molecule has 2 aromatic rings. The van der Waals surface area contributed by atoms with E-state index in [0.29, 0.717) is 18.1 Å². The van der Waals surface area contributed by atoms with Crippen LogP contribution in [0.15, 0.2) is 54.6 Å². The summed E-state index contributed by atoms with van der Waals surface area (Å²) in [5.41, 5.74) is -3.28. The van der Waals surface area contributed by atoms with Gasteiger partial charge in [0.1, 0.15) is 6.29 Å². The molecule has 0 atom stereocenters. The molecule has 1 aliphatic carbocycles. The van der Waals surface area contributed by atoms with Crippen LogP contribution in [0.25, 0.3) is 0 Å². The van der Waals surface area contributed by atoms with E-state index in [4.69, 9.17) is 5.11 Å². The van der Waals surface area contributed by atoms with Crippen molar-refractivity contribution < 1.29 is 36.2 Å². The lowest BCUT2D eigenvalue weighted by Gasteiger charge is -2.14. The molecule has 30 heavy (non-hydrogen) atoms. The van der Waals surface area contributed by atoms with Gasteiger partial charge in [-0.15, -0.1) is 0 Å². The normalized spacial score (nSPS) is 14.6. The summed E-state index contributed by atoms with van der Waals surface area (Å²) in [5, 5.41) is 8.58. The monoisotopic (exact) mass is 434 g/mol. The topological polar surface area (TPSA) is 37.3 Å². The van der Waals surface area contributed by atoms with Crippen molar-refractivity contribution in [1.82, 2.24) is 0 Å². The first-order chi connectivity index (χ1) is 14.1. The predicted octanol–water partition coefficient (Wildman–Crippen LogP) is 6.67. The van der Waals surface area contributed by atoms with E-state index in [-0.39, 0.29) is 6.07 Å². The molecule has 0 spiro atoms. The smallest absolute Gasteiger partial charge is 0.392 e.